The number of nitrogens with zero attached hydrogens (tertiary/aromatic N) is 2. The largest absolute Gasteiger partial charge is 0.353 e. The summed E-state index contributed by atoms with van der Waals surface area (Å²) < 4.78 is 16.2. The molecule has 2 aromatic carbocycles. The predicted molar refractivity (Wildman–Crippen MR) is 129 cm³/mol. The number of nitrogens with one attached hydrogen (secondary N) is 1. The van der Waals surface area contributed by atoms with E-state index in [9.17, 15) is 9.18 Å². The van der Waals surface area contributed by atoms with Crippen LogP contribution in [0, 0.1) is 11.7 Å². The zero-order valence-corrected chi connectivity index (χ0v) is 19.0. The van der Waals surface area contributed by atoms with E-state index in [0.29, 0.717) is 6.54 Å². The molecule has 0 aliphatic heterocycles. The Hall–Kier alpha value is -3.47. The summed E-state index contributed by atoms with van der Waals surface area (Å²) in [5.41, 5.74) is 6.86. The Labute approximate surface area is 193 Å². The second kappa shape index (κ2) is 8.81. The number of aromatic nitrogens is 2. The minimum atomic E-state index is -0.215. The summed E-state index contributed by atoms with van der Waals surface area (Å²) >= 11 is 0. The van der Waals surface area contributed by atoms with Crippen molar-refractivity contribution in [3.8, 4) is 11.1 Å². The summed E-state index contributed by atoms with van der Waals surface area (Å²) in [7, 11) is 0. The topological polar surface area (TPSA) is 46.9 Å². The van der Waals surface area contributed by atoms with Crippen molar-refractivity contribution in [1.29, 1.82) is 0 Å². The molecule has 2 heterocycles. The number of pyridine rings is 1. The number of amides is 1. The van der Waals surface area contributed by atoms with E-state index in [1.807, 2.05) is 32.2 Å². The van der Waals surface area contributed by atoms with Gasteiger partial charge >= 0.3 is 0 Å². The van der Waals surface area contributed by atoms with E-state index in [-0.39, 0.29) is 23.7 Å². The minimum Gasteiger partial charge on any atom is -0.353 e. The average Bonchev–Trinajstić information content (AvgIpc) is 3.12. The Balaban J connectivity index is 1.59. The SMILES string of the molecule is CC(C)C(=O)N[C@@H]1CCc2c(c3cc(-c4cccnc4)ccc3n2Cc2cccc(F)c2)C1. The first kappa shape index (κ1) is 21.4. The minimum absolute atomic E-state index is 0.0297. The van der Waals surface area contributed by atoms with Gasteiger partial charge in [0.1, 0.15) is 5.82 Å². The first-order valence-corrected chi connectivity index (χ1v) is 11.6. The van der Waals surface area contributed by atoms with E-state index >= 15 is 0 Å². The molecule has 1 amide bonds. The molecular formula is C28H28FN3O. The molecular weight excluding hydrogens is 413 g/mol. The molecule has 5 rings (SSSR count). The van der Waals surface area contributed by atoms with Gasteiger partial charge in [-0.15, -0.1) is 0 Å². The number of carbonyl (C=O) groups excluding carboxylic acids is 1. The van der Waals surface area contributed by atoms with Crippen molar-refractivity contribution < 1.29 is 9.18 Å². The van der Waals surface area contributed by atoms with Gasteiger partial charge in [0.25, 0.3) is 0 Å². The molecule has 5 heteroatoms. The number of fused-ring (bicyclic) bond motifs is 3. The molecule has 1 aliphatic rings. The fourth-order valence-electron chi connectivity index (χ4n) is 4.85. The molecule has 1 aliphatic carbocycles. The van der Waals surface area contributed by atoms with Gasteiger partial charge in [0.05, 0.1) is 0 Å². The van der Waals surface area contributed by atoms with Crippen LogP contribution in [-0.4, -0.2) is 21.5 Å². The lowest BCUT2D eigenvalue weighted by Gasteiger charge is -2.26. The number of hydrogen-bond donors (Lipinski definition) is 1. The highest BCUT2D eigenvalue weighted by Crippen LogP contribution is 2.35. The molecule has 4 aromatic rings. The zero-order chi connectivity index (χ0) is 22.9. The lowest BCUT2D eigenvalue weighted by molar-refractivity contribution is -0.124. The Bertz CT molecular complexity index is 1310. The molecule has 4 nitrogen and oxygen atoms in total. The predicted octanol–water partition coefficient (Wildman–Crippen LogP) is 5.52. The Morgan fingerprint density at radius 1 is 1.15 bits per heavy atom. The fourth-order valence-corrected chi connectivity index (χ4v) is 4.85. The van der Waals surface area contributed by atoms with Crippen LogP contribution in [0.25, 0.3) is 22.0 Å². The van der Waals surface area contributed by atoms with Gasteiger partial charge in [0, 0.05) is 53.1 Å². The van der Waals surface area contributed by atoms with Crippen molar-refractivity contribution in [3.63, 3.8) is 0 Å². The Kier molecular flexibility index (Phi) is 5.71. The summed E-state index contributed by atoms with van der Waals surface area (Å²) in [6, 6.07) is 17.5. The summed E-state index contributed by atoms with van der Waals surface area (Å²) in [5.74, 6) is -0.144. The highest BCUT2D eigenvalue weighted by molar-refractivity contribution is 5.90. The van der Waals surface area contributed by atoms with Crippen LogP contribution in [0.15, 0.2) is 67.0 Å². The summed E-state index contributed by atoms with van der Waals surface area (Å²) in [6.07, 6.45) is 6.24. The van der Waals surface area contributed by atoms with Gasteiger partial charge in [-0.3, -0.25) is 9.78 Å². The molecule has 0 saturated carbocycles. The van der Waals surface area contributed by atoms with E-state index in [2.05, 4.69) is 39.1 Å². The normalized spacial score (nSPS) is 15.6. The number of benzene rings is 2. The number of hydrogen-bond acceptors (Lipinski definition) is 2. The van der Waals surface area contributed by atoms with E-state index < -0.39 is 0 Å². The van der Waals surface area contributed by atoms with Gasteiger partial charge in [-0.2, -0.15) is 0 Å². The maximum atomic E-state index is 13.9. The van der Waals surface area contributed by atoms with Gasteiger partial charge in [-0.05, 0) is 66.3 Å². The van der Waals surface area contributed by atoms with E-state index in [0.717, 1.165) is 41.5 Å². The number of rotatable bonds is 5. The third-order valence-corrected chi connectivity index (χ3v) is 6.56. The lowest BCUT2D eigenvalue weighted by atomic mass is 9.90. The van der Waals surface area contributed by atoms with Crippen LogP contribution in [0.5, 0.6) is 0 Å². The lowest BCUT2D eigenvalue weighted by Crippen LogP contribution is -2.41. The first-order chi connectivity index (χ1) is 16.0. The molecule has 0 unspecified atom stereocenters. The van der Waals surface area contributed by atoms with Crippen LogP contribution in [0.2, 0.25) is 0 Å². The number of carbonyl (C=O) groups is 1. The second-order valence-electron chi connectivity index (χ2n) is 9.22. The molecule has 168 valence electrons. The van der Waals surface area contributed by atoms with Crippen LogP contribution >= 0.6 is 0 Å². The van der Waals surface area contributed by atoms with Crippen molar-refractivity contribution in [2.45, 2.75) is 45.7 Å². The molecule has 1 N–H and O–H groups in total. The summed E-state index contributed by atoms with van der Waals surface area (Å²) in [6.45, 7) is 4.47. The Morgan fingerprint density at radius 2 is 2.03 bits per heavy atom. The molecule has 33 heavy (non-hydrogen) atoms. The van der Waals surface area contributed by atoms with Gasteiger partial charge in [0.2, 0.25) is 5.91 Å². The standard InChI is InChI=1S/C28H28FN3O/c1-18(2)28(33)31-23-9-11-27-25(15-23)24-14-20(21-6-4-12-30-16-21)8-10-26(24)32(27)17-19-5-3-7-22(29)13-19/h3-8,10,12-14,16,18,23H,9,11,15,17H2,1-2H3,(H,31,33)/t23-/m1/s1. The van der Waals surface area contributed by atoms with Crippen molar-refractivity contribution >= 4 is 16.8 Å². The van der Waals surface area contributed by atoms with Crippen LogP contribution < -0.4 is 5.32 Å². The monoisotopic (exact) mass is 441 g/mol. The van der Waals surface area contributed by atoms with Gasteiger partial charge < -0.3 is 9.88 Å². The molecule has 0 fully saturated rings. The first-order valence-electron chi connectivity index (χ1n) is 11.6. The third-order valence-electron chi connectivity index (χ3n) is 6.56. The molecule has 1 atom stereocenters. The highest BCUT2D eigenvalue weighted by atomic mass is 19.1. The smallest absolute Gasteiger partial charge is 0.222 e. The maximum Gasteiger partial charge on any atom is 0.222 e. The summed E-state index contributed by atoms with van der Waals surface area (Å²) in [5, 5.41) is 4.43. The van der Waals surface area contributed by atoms with E-state index in [1.54, 1.807) is 18.3 Å². The van der Waals surface area contributed by atoms with Crippen molar-refractivity contribution in [3.05, 3.63) is 89.6 Å². The van der Waals surface area contributed by atoms with E-state index in [4.69, 9.17) is 0 Å². The van der Waals surface area contributed by atoms with Gasteiger partial charge in [0.15, 0.2) is 0 Å². The third kappa shape index (κ3) is 4.28. The Morgan fingerprint density at radius 3 is 2.79 bits per heavy atom. The van der Waals surface area contributed by atoms with Crippen LogP contribution in [-0.2, 0) is 24.2 Å². The van der Waals surface area contributed by atoms with Gasteiger partial charge in [-0.1, -0.05) is 38.1 Å². The highest BCUT2D eigenvalue weighted by Gasteiger charge is 2.27. The number of halogens is 1. The molecule has 0 spiro atoms. The van der Waals surface area contributed by atoms with Crippen LogP contribution in [0.1, 0.15) is 37.1 Å². The fraction of sp³-hybridized carbons (Fsp3) is 0.286. The average molecular weight is 442 g/mol. The molecule has 0 radical (unpaired) electrons. The van der Waals surface area contributed by atoms with E-state index in [1.165, 1.54) is 22.7 Å². The molecule has 2 aromatic heterocycles. The van der Waals surface area contributed by atoms with Crippen molar-refractivity contribution in [2.24, 2.45) is 5.92 Å². The quantitative estimate of drug-likeness (QED) is 0.443. The van der Waals surface area contributed by atoms with Crippen molar-refractivity contribution in [2.75, 3.05) is 0 Å². The van der Waals surface area contributed by atoms with Crippen LogP contribution in [0.4, 0.5) is 4.39 Å². The second-order valence-corrected chi connectivity index (χ2v) is 9.22. The summed E-state index contributed by atoms with van der Waals surface area (Å²) in [4.78, 5) is 16.6. The van der Waals surface area contributed by atoms with Crippen LogP contribution in [0.3, 0.4) is 0 Å². The van der Waals surface area contributed by atoms with Crippen molar-refractivity contribution in [1.82, 2.24) is 14.9 Å². The zero-order valence-electron chi connectivity index (χ0n) is 19.0. The molecule has 0 saturated heterocycles. The molecule has 0 bridgehead atoms. The van der Waals surface area contributed by atoms with Gasteiger partial charge in [-0.25, -0.2) is 4.39 Å². The maximum absolute atomic E-state index is 13.9.